The van der Waals surface area contributed by atoms with Crippen molar-refractivity contribution in [3.05, 3.63) is 28.3 Å². The van der Waals surface area contributed by atoms with Crippen molar-refractivity contribution in [3.63, 3.8) is 0 Å². The molecule has 0 spiro atoms. The summed E-state index contributed by atoms with van der Waals surface area (Å²) in [4.78, 5) is 14.4. The quantitative estimate of drug-likeness (QED) is 0.578. The molecule has 2 aliphatic carbocycles. The Morgan fingerprint density at radius 1 is 1.11 bits per heavy atom. The van der Waals surface area contributed by atoms with Gasteiger partial charge in [-0.3, -0.25) is 0 Å². The molecule has 9 heteroatoms. The van der Waals surface area contributed by atoms with Gasteiger partial charge in [0.05, 0.1) is 0 Å². The van der Waals surface area contributed by atoms with Gasteiger partial charge in [0.15, 0.2) is 0 Å². The number of nitrogens with zero attached hydrogens (tertiary/aromatic N) is 1. The van der Waals surface area contributed by atoms with E-state index in [4.69, 9.17) is 5.11 Å². The Kier molecular flexibility index (Phi) is 7.63. The number of rotatable bonds is 6. The van der Waals surface area contributed by atoms with Crippen molar-refractivity contribution in [2.75, 3.05) is 31.6 Å². The van der Waals surface area contributed by atoms with Crippen LogP contribution in [0.5, 0.6) is 0 Å². The number of carbonyl (C=O) groups excluding carboxylic acids is 1. The predicted molar refractivity (Wildman–Crippen MR) is 109 cm³/mol. The van der Waals surface area contributed by atoms with E-state index < -0.39 is 21.3 Å². The number of amides is 2. The minimum atomic E-state index is -3.70. The van der Waals surface area contributed by atoms with Crippen LogP contribution < -0.4 is 10.0 Å². The minimum absolute atomic E-state index is 0. The molecule has 0 atom stereocenters. The van der Waals surface area contributed by atoms with Crippen molar-refractivity contribution in [3.8, 4) is 0 Å². The van der Waals surface area contributed by atoms with Crippen molar-refractivity contribution < 1.29 is 18.3 Å². The number of fused-ring (bicyclic) bond motifs is 2. The Balaban J connectivity index is 0.00000225. The number of carbonyl (C=O) groups is 1. The molecule has 1 saturated heterocycles. The van der Waals surface area contributed by atoms with Gasteiger partial charge in [-0.2, -0.15) is 0 Å². The zero-order valence-electron chi connectivity index (χ0n) is 16.5. The fourth-order valence-electron chi connectivity index (χ4n) is 4.51. The van der Waals surface area contributed by atoms with Crippen LogP contribution in [-0.2, 0) is 35.7 Å². The van der Waals surface area contributed by atoms with Gasteiger partial charge in [0.1, 0.15) is 5.25 Å². The molecule has 0 aromatic heterocycles. The van der Waals surface area contributed by atoms with Crippen molar-refractivity contribution in [1.29, 1.82) is 0 Å². The van der Waals surface area contributed by atoms with Gasteiger partial charge in [-0.25, -0.2) is 17.9 Å². The third-order valence-corrected chi connectivity index (χ3v) is 7.59. The number of hydrogen-bond donors (Lipinski definition) is 3. The van der Waals surface area contributed by atoms with Gasteiger partial charge in [-0.15, -0.1) is 0 Å². The maximum atomic E-state index is 12.5. The van der Waals surface area contributed by atoms with E-state index in [2.05, 4.69) is 16.1 Å². The van der Waals surface area contributed by atoms with Crippen LogP contribution in [0.25, 0.3) is 0 Å². The van der Waals surface area contributed by atoms with Crippen molar-refractivity contribution >= 4 is 73.1 Å². The first-order chi connectivity index (χ1) is 13.0. The van der Waals surface area contributed by atoms with E-state index in [-0.39, 0.29) is 58.0 Å². The number of urea groups is 1. The maximum Gasteiger partial charge on any atom is 0.332 e. The number of aliphatic hydroxyl groups excluding tert-OH is 1. The first-order valence-corrected chi connectivity index (χ1v) is 11.3. The molecule has 28 heavy (non-hydrogen) atoms. The maximum absolute atomic E-state index is 12.5. The number of aryl methyl sites for hydroxylation is 2. The van der Waals surface area contributed by atoms with Gasteiger partial charge in [0, 0.05) is 83.3 Å². The number of sulfonamides is 1. The van der Waals surface area contributed by atoms with Gasteiger partial charge >= 0.3 is 6.03 Å². The van der Waals surface area contributed by atoms with Gasteiger partial charge < -0.3 is 15.3 Å². The molecule has 1 heterocycles. The zero-order chi connectivity index (χ0) is 19.0. The SMILES string of the molecule is O=C(Nc1c2c(cc3c1CCC3)CCC2)NS(=O)(=O)C1CN(CCCO)C1.[K]. The van der Waals surface area contributed by atoms with E-state index in [9.17, 15) is 13.2 Å². The number of benzene rings is 1. The molecule has 1 aromatic rings. The number of anilines is 1. The van der Waals surface area contributed by atoms with Crippen LogP contribution in [0.2, 0.25) is 0 Å². The van der Waals surface area contributed by atoms with Gasteiger partial charge in [-0.05, 0) is 67.2 Å². The van der Waals surface area contributed by atoms with Crippen LogP contribution in [0.3, 0.4) is 0 Å². The van der Waals surface area contributed by atoms with Crippen LogP contribution >= 0.6 is 0 Å². The molecule has 1 aliphatic heterocycles. The zero-order valence-corrected chi connectivity index (χ0v) is 20.4. The molecule has 7 nitrogen and oxygen atoms in total. The second kappa shape index (κ2) is 9.43. The summed E-state index contributed by atoms with van der Waals surface area (Å²) in [6.45, 7) is 1.58. The first kappa shape index (κ1) is 22.7. The molecule has 1 radical (unpaired) electrons. The van der Waals surface area contributed by atoms with Gasteiger partial charge in [0.2, 0.25) is 10.0 Å². The number of likely N-dealkylation sites (tertiary alicyclic amines) is 1. The molecule has 1 aromatic carbocycles. The molecule has 2 amide bonds. The standard InChI is InChI=1S/C19H27N3O4S.K/c23-9-3-8-22-11-15(12-22)27(25,26)21-19(24)20-18-16-6-1-4-13(16)10-14-5-2-7-17(14)18;/h10,15,23H,1-9,11-12H2,(H2,20,21,24);. The summed E-state index contributed by atoms with van der Waals surface area (Å²) >= 11 is 0. The average Bonchev–Trinajstić information content (AvgIpc) is 3.21. The predicted octanol–water partition coefficient (Wildman–Crippen LogP) is 0.801. The average molecular weight is 433 g/mol. The summed E-state index contributed by atoms with van der Waals surface area (Å²) in [5, 5.41) is 11.1. The topological polar surface area (TPSA) is 98.7 Å². The van der Waals surface area contributed by atoms with Crippen molar-refractivity contribution in [2.24, 2.45) is 0 Å². The van der Waals surface area contributed by atoms with E-state index in [1.165, 1.54) is 22.3 Å². The van der Waals surface area contributed by atoms with Crippen molar-refractivity contribution in [1.82, 2.24) is 9.62 Å². The number of hydrogen-bond acceptors (Lipinski definition) is 5. The Labute approximate surface area is 209 Å². The molecule has 4 rings (SSSR count). The smallest absolute Gasteiger partial charge is 0.332 e. The third kappa shape index (κ3) is 4.67. The molecule has 0 bridgehead atoms. The van der Waals surface area contributed by atoms with E-state index >= 15 is 0 Å². The van der Waals surface area contributed by atoms with Crippen LogP contribution in [0, 0.1) is 0 Å². The Hall–Kier alpha value is -0.00364. The van der Waals surface area contributed by atoms with E-state index in [0.29, 0.717) is 26.1 Å². The number of nitrogens with one attached hydrogen (secondary N) is 2. The molecule has 149 valence electrons. The summed E-state index contributed by atoms with van der Waals surface area (Å²) in [6.07, 6.45) is 6.73. The molecule has 3 aliphatic rings. The Morgan fingerprint density at radius 2 is 1.71 bits per heavy atom. The second-order valence-corrected chi connectivity index (χ2v) is 9.75. The van der Waals surface area contributed by atoms with Gasteiger partial charge in [-0.1, -0.05) is 6.07 Å². The van der Waals surface area contributed by atoms with Crippen LogP contribution in [0.4, 0.5) is 10.5 Å². The first-order valence-electron chi connectivity index (χ1n) is 9.80. The van der Waals surface area contributed by atoms with Crippen molar-refractivity contribution in [2.45, 2.75) is 50.2 Å². The van der Waals surface area contributed by atoms with Crippen LogP contribution in [0.15, 0.2) is 6.07 Å². The molecule has 0 saturated carbocycles. The second-order valence-electron chi connectivity index (χ2n) is 7.79. The van der Waals surface area contributed by atoms with E-state index in [1.807, 2.05) is 4.90 Å². The Bertz CT molecular complexity index is 821. The molecular formula is C19H27KN3O4S. The Morgan fingerprint density at radius 3 is 2.29 bits per heavy atom. The fraction of sp³-hybridized carbons (Fsp3) is 0.632. The van der Waals surface area contributed by atoms with E-state index in [0.717, 1.165) is 44.2 Å². The summed E-state index contributed by atoms with van der Waals surface area (Å²) in [5.74, 6) is 0. The number of aliphatic hydroxyl groups is 1. The summed E-state index contributed by atoms with van der Waals surface area (Å²) < 4.78 is 27.1. The fourth-order valence-corrected chi connectivity index (χ4v) is 5.80. The normalized spacial score (nSPS) is 18.8. The molecule has 1 fully saturated rings. The van der Waals surface area contributed by atoms with Crippen LogP contribution in [0.1, 0.15) is 41.5 Å². The minimum Gasteiger partial charge on any atom is -0.396 e. The van der Waals surface area contributed by atoms with Crippen LogP contribution in [-0.4, -0.2) is 107 Å². The summed E-state index contributed by atoms with van der Waals surface area (Å²) in [5.41, 5.74) is 5.81. The summed E-state index contributed by atoms with van der Waals surface area (Å²) in [6, 6.07) is 1.62. The summed E-state index contributed by atoms with van der Waals surface area (Å²) in [7, 11) is -3.70. The van der Waals surface area contributed by atoms with Gasteiger partial charge in [0.25, 0.3) is 0 Å². The largest absolute Gasteiger partial charge is 0.396 e. The monoisotopic (exact) mass is 432 g/mol. The van der Waals surface area contributed by atoms with E-state index in [1.54, 1.807) is 0 Å². The third-order valence-electron chi connectivity index (χ3n) is 5.94. The molecule has 3 N–H and O–H groups in total. The molecular weight excluding hydrogens is 405 g/mol. The molecule has 0 unspecified atom stereocenters.